The molecule has 0 aliphatic rings. The van der Waals surface area contributed by atoms with Gasteiger partial charge in [0.2, 0.25) is 11.2 Å². The lowest BCUT2D eigenvalue weighted by atomic mass is 10.1. The van der Waals surface area contributed by atoms with Gasteiger partial charge in [0, 0.05) is 17.8 Å². The highest BCUT2D eigenvalue weighted by Gasteiger charge is 2.04. The van der Waals surface area contributed by atoms with E-state index >= 15 is 0 Å². The molecule has 2 rings (SSSR count). The van der Waals surface area contributed by atoms with Gasteiger partial charge in [-0.1, -0.05) is 12.1 Å². The molecule has 2 aromatic rings. The van der Waals surface area contributed by atoms with Gasteiger partial charge in [0.05, 0.1) is 0 Å². The van der Waals surface area contributed by atoms with Crippen molar-refractivity contribution in [2.45, 2.75) is 13.5 Å². The van der Waals surface area contributed by atoms with Gasteiger partial charge in [0.1, 0.15) is 12.4 Å². The van der Waals surface area contributed by atoms with Crippen molar-refractivity contribution >= 4 is 11.6 Å². The molecular weight excluding hydrogens is 243 g/mol. The fourth-order valence-electron chi connectivity index (χ4n) is 1.32. The van der Waals surface area contributed by atoms with Crippen LogP contribution in [-0.4, -0.2) is 9.97 Å². The van der Waals surface area contributed by atoms with Crippen molar-refractivity contribution in [2.75, 3.05) is 0 Å². The zero-order valence-corrected chi connectivity index (χ0v) is 9.91. The normalized spacial score (nSPS) is 10.3. The minimum absolute atomic E-state index is 0.104. The van der Waals surface area contributed by atoms with Crippen LogP contribution in [0.25, 0.3) is 0 Å². The van der Waals surface area contributed by atoms with Crippen LogP contribution < -0.4 is 4.74 Å². The fraction of sp³-hybridized carbons (Fsp3) is 0.167. The van der Waals surface area contributed by atoms with Crippen molar-refractivity contribution in [3.05, 3.63) is 52.7 Å². The smallest absolute Gasteiger partial charge is 0.225 e. The van der Waals surface area contributed by atoms with Crippen molar-refractivity contribution in [1.82, 2.24) is 9.97 Å². The standard InChI is InChI=1S/C12H10ClFN2O/c1-8-2-3-9(10(14)6-8)7-17-11-4-5-15-12(13)16-11/h2-6H,7H2,1H3. The number of benzene rings is 1. The van der Waals surface area contributed by atoms with Crippen LogP contribution in [0.4, 0.5) is 4.39 Å². The van der Waals surface area contributed by atoms with E-state index in [1.165, 1.54) is 12.3 Å². The van der Waals surface area contributed by atoms with Crippen LogP contribution in [0.1, 0.15) is 11.1 Å². The summed E-state index contributed by atoms with van der Waals surface area (Å²) in [6.07, 6.45) is 1.48. The van der Waals surface area contributed by atoms with Crippen LogP contribution in [0.5, 0.6) is 5.88 Å². The number of ether oxygens (including phenoxy) is 1. The summed E-state index contributed by atoms with van der Waals surface area (Å²) < 4.78 is 18.8. The minimum Gasteiger partial charge on any atom is -0.473 e. The van der Waals surface area contributed by atoms with Crippen LogP contribution >= 0.6 is 11.6 Å². The maximum atomic E-state index is 13.5. The summed E-state index contributed by atoms with van der Waals surface area (Å²) in [6.45, 7) is 1.94. The van der Waals surface area contributed by atoms with Gasteiger partial charge >= 0.3 is 0 Å². The molecule has 0 saturated carbocycles. The molecule has 88 valence electrons. The number of rotatable bonds is 3. The van der Waals surface area contributed by atoms with Crippen LogP contribution in [-0.2, 0) is 6.61 Å². The highest BCUT2D eigenvalue weighted by Crippen LogP contribution is 2.14. The predicted molar refractivity (Wildman–Crippen MR) is 62.5 cm³/mol. The average molecular weight is 253 g/mol. The second-order valence-electron chi connectivity index (χ2n) is 3.55. The number of halogens is 2. The van der Waals surface area contributed by atoms with Gasteiger partial charge in [-0.25, -0.2) is 9.37 Å². The summed E-state index contributed by atoms with van der Waals surface area (Å²) >= 11 is 5.60. The molecule has 0 spiro atoms. The Bertz CT molecular complexity index is 534. The number of hydrogen-bond donors (Lipinski definition) is 0. The lowest BCUT2D eigenvalue weighted by Crippen LogP contribution is -2.00. The third-order valence-electron chi connectivity index (χ3n) is 2.18. The fourth-order valence-corrected chi connectivity index (χ4v) is 1.46. The molecule has 0 aliphatic carbocycles. The molecule has 0 radical (unpaired) electrons. The SMILES string of the molecule is Cc1ccc(COc2ccnc(Cl)n2)c(F)c1. The van der Waals surface area contributed by atoms with E-state index < -0.39 is 0 Å². The topological polar surface area (TPSA) is 35.0 Å². The summed E-state index contributed by atoms with van der Waals surface area (Å²) in [4.78, 5) is 7.57. The van der Waals surface area contributed by atoms with Crippen molar-refractivity contribution in [3.63, 3.8) is 0 Å². The number of nitrogens with zero attached hydrogens (tertiary/aromatic N) is 2. The van der Waals surface area contributed by atoms with Crippen LogP contribution in [0.3, 0.4) is 0 Å². The first-order chi connectivity index (χ1) is 8.15. The van der Waals surface area contributed by atoms with Crippen LogP contribution in [0.2, 0.25) is 5.28 Å². The maximum Gasteiger partial charge on any atom is 0.225 e. The summed E-state index contributed by atoms with van der Waals surface area (Å²) in [6, 6.07) is 6.55. The Morgan fingerprint density at radius 3 is 2.88 bits per heavy atom. The van der Waals surface area contributed by atoms with Gasteiger partial charge in [0.15, 0.2) is 0 Å². The Labute approximate surface area is 103 Å². The van der Waals surface area contributed by atoms with Crippen molar-refractivity contribution in [3.8, 4) is 5.88 Å². The molecule has 0 amide bonds. The molecule has 3 nitrogen and oxygen atoms in total. The van der Waals surface area contributed by atoms with E-state index in [2.05, 4.69) is 9.97 Å². The predicted octanol–water partition coefficient (Wildman–Crippen LogP) is 3.16. The molecule has 0 atom stereocenters. The van der Waals surface area contributed by atoms with E-state index in [1.54, 1.807) is 12.1 Å². The molecule has 0 N–H and O–H groups in total. The third kappa shape index (κ3) is 3.14. The molecule has 1 aromatic carbocycles. The van der Waals surface area contributed by atoms with Gasteiger partial charge in [-0.15, -0.1) is 0 Å². The molecule has 1 heterocycles. The maximum absolute atomic E-state index is 13.5. The van der Waals surface area contributed by atoms with Gasteiger partial charge in [0.25, 0.3) is 0 Å². The second-order valence-corrected chi connectivity index (χ2v) is 3.89. The van der Waals surface area contributed by atoms with E-state index in [1.807, 2.05) is 13.0 Å². The lowest BCUT2D eigenvalue weighted by molar-refractivity contribution is 0.287. The Morgan fingerprint density at radius 2 is 2.18 bits per heavy atom. The first kappa shape index (κ1) is 11.8. The minimum atomic E-state index is -0.287. The Hall–Kier alpha value is -1.68. The first-order valence-corrected chi connectivity index (χ1v) is 5.39. The largest absolute Gasteiger partial charge is 0.473 e. The van der Waals surface area contributed by atoms with E-state index in [-0.39, 0.29) is 17.7 Å². The van der Waals surface area contributed by atoms with Gasteiger partial charge in [-0.3, -0.25) is 0 Å². The van der Waals surface area contributed by atoms with Crippen molar-refractivity contribution in [2.24, 2.45) is 0 Å². The van der Waals surface area contributed by atoms with Crippen molar-refractivity contribution < 1.29 is 9.13 Å². The Morgan fingerprint density at radius 1 is 1.35 bits per heavy atom. The number of aromatic nitrogens is 2. The monoisotopic (exact) mass is 252 g/mol. The van der Waals surface area contributed by atoms with Crippen LogP contribution in [0, 0.1) is 12.7 Å². The number of aryl methyl sites for hydroxylation is 1. The first-order valence-electron chi connectivity index (χ1n) is 5.01. The Kier molecular flexibility index (Phi) is 3.54. The van der Waals surface area contributed by atoms with Crippen LogP contribution in [0.15, 0.2) is 30.5 Å². The molecule has 0 aliphatic heterocycles. The lowest BCUT2D eigenvalue weighted by Gasteiger charge is -2.06. The summed E-state index contributed by atoms with van der Waals surface area (Å²) in [5.74, 6) is 0.0372. The van der Waals surface area contributed by atoms with E-state index in [9.17, 15) is 4.39 Å². The number of hydrogen-bond acceptors (Lipinski definition) is 3. The molecule has 0 fully saturated rings. The molecule has 5 heteroatoms. The van der Waals surface area contributed by atoms with Crippen molar-refractivity contribution in [1.29, 1.82) is 0 Å². The quantitative estimate of drug-likeness (QED) is 0.787. The highest BCUT2D eigenvalue weighted by atomic mass is 35.5. The summed E-state index contributed by atoms with van der Waals surface area (Å²) in [5, 5.41) is 0.104. The zero-order valence-electron chi connectivity index (χ0n) is 9.15. The van der Waals surface area contributed by atoms with Gasteiger partial charge in [-0.05, 0) is 30.2 Å². The van der Waals surface area contributed by atoms with Gasteiger partial charge in [-0.2, -0.15) is 4.98 Å². The molecule has 0 unspecified atom stereocenters. The third-order valence-corrected chi connectivity index (χ3v) is 2.37. The van der Waals surface area contributed by atoms with E-state index in [0.717, 1.165) is 5.56 Å². The zero-order chi connectivity index (χ0) is 12.3. The molecule has 1 aromatic heterocycles. The van der Waals surface area contributed by atoms with E-state index in [4.69, 9.17) is 16.3 Å². The molecule has 17 heavy (non-hydrogen) atoms. The summed E-state index contributed by atoms with van der Waals surface area (Å²) in [7, 11) is 0. The van der Waals surface area contributed by atoms with E-state index in [0.29, 0.717) is 11.4 Å². The molecular formula is C12H10ClFN2O. The Balaban J connectivity index is 2.07. The highest BCUT2D eigenvalue weighted by molar-refractivity contribution is 6.28. The van der Waals surface area contributed by atoms with Gasteiger partial charge < -0.3 is 4.74 Å². The summed E-state index contributed by atoms with van der Waals surface area (Å²) in [5.41, 5.74) is 1.35. The molecule has 0 bridgehead atoms. The molecule has 0 saturated heterocycles. The second kappa shape index (κ2) is 5.10. The average Bonchev–Trinajstić information content (AvgIpc) is 2.28.